The van der Waals surface area contributed by atoms with Crippen molar-refractivity contribution in [2.24, 2.45) is 5.92 Å². The van der Waals surface area contributed by atoms with E-state index in [0.29, 0.717) is 17.6 Å². The standard InChI is InChI=1S/C26H24O2/c1-2-12-22-25(27)23(19-13-6-3-7-14-19)24(20-15-8-4-9-16-20)26(22,28)21-17-10-5-11-18-21/h3-11,13-18,22,28H,2,12H2,1H3/t22-,26+/m0/s1. The number of ketones is 1. The summed E-state index contributed by atoms with van der Waals surface area (Å²) in [5, 5.41) is 12.2. The van der Waals surface area contributed by atoms with Crippen molar-refractivity contribution >= 4 is 16.9 Å². The molecule has 2 heteroatoms. The van der Waals surface area contributed by atoms with E-state index in [0.717, 1.165) is 23.1 Å². The Kier molecular flexibility index (Phi) is 4.97. The average Bonchev–Trinajstić information content (AvgIpc) is 2.98. The minimum absolute atomic E-state index is 0.0262. The second kappa shape index (κ2) is 7.57. The SMILES string of the molecule is CCC[C@H]1C(=O)C(c2ccccc2)=C(c2ccccc2)[C@@]1(O)c1ccccc1. The molecular weight excluding hydrogens is 344 g/mol. The Morgan fingerprint density at radius 2 is 1.29 bits per heavy atom. The van der Waals surface area contributed by atoms with Gasteiger partial charge in [-0.25, -0.2) is 0 Å². The maximum atomic E-state index is 13.7. The lowest BCUT2D eigenvalue weighted by Crippen LogP contribution is -2.35. The lowest BCUT2D eigenvalue weighted by Gasteiger charge is -2.33. The van der Waals surface area contributed by atoms with Crippen LogP contribution in [0.25, 0.3) is 11.1 Å². The molecular formula is C26H24O2. The molecule has 0 unspecified atom stereocenters. The molecule has 0 aromatic heterocycles. The monoisotopic (exact) mass is 368 g/mol. The lowest BCUT2D eigenvalue weighted by molar-refractivity contribution is -0.122. The number of hydrogen-bond acceptors (Lipinski definition) is 2. The molecule has 0 saturated heterocycles. The summed E-state index contributed by atoms with van der Waals surface area (Å²) in [6, 6.07) is 29.2. The molecule has 0 fully saturated rings. The second-order valence-corrected chi connectivity index (χ2v) is 7.32. The van der Waals surface area contributed by atoms with Gasteiger partial charge in [0.25, 0.3) is 0 Å². The number of benzene rings is 3. The van der Waals surface area contributed by atoms with E-state index >= 15 is 0 Å². The van der Waals surface area contributed by atoms with Crippen LogP contribution >= 0.6 is 0 Å². The molecule has 0 saturated carbocycles. The number of hydrogen-bond donors (Lipinski definition) is 1. The summed E-state index contributed by atoms with van der Waals surface area (Å²) < 4.78 is 0. The first-order chi connectivity index (χ1) is 13.7. The molecule has 0 heterocycles. The van der Waals surface area contributed by atoms with E-state index in [1.165, 1.54) is 0 Å². The largest absolute Gasteiger partial charge is 0.380 e. The van der Waals surface area contributed by atoms with Crippen LogP contribution in [0.15, 0.2) is 91.0 Å². The van der Waals surface area contributed by atoms with Crippen LogP contribution in [0.1, 0.15) is 36.5 Å². The van der Waals surface area contributed by atoms with Crippen molar-refractivity contribution < 1.29 is 9.90 Å². The number of carbonyl (C=O) groups excluding carboxylic acids is 1. The van der Waals surface area contributed by atoms with E-state index in [9.17, 15) is 9.90 Å². The Morgan fingerprint density at radius 3 is 1.82 bits per heavy atom. The molecule has 0 spiro atoms. The quantitative estimate of drug-likeness (QED) is 0.647. The first kappa shape index (κ1) is 18.4. The number of carbonyl (C=O) groups is 1. The van der Waals surface area contributed by atoms with E-state index in [1.807, 2.05) is 91.0 Å². The van der Waals surface area contributed by atoms with E-state index < -0.39 is 11.5 Å². The van der Waals surface area contributed by atoms with E-state index in [4.69, 9.17) is 0 Å². The Labute approximate surface area is 166 Å². The molecule has 0 bridgehead atoms. The fourth-order valence-electron chi connectivity index (χ4n) is 4.38. The van der Waals surface area contributed by atoms with Crippen LogP contribution in [-0.2, 0) is 10.4 Å². The number of aliphatic hydroxyl groups is 1. The first-order valence-corrected chi connectivity index (χ1v) is 9.85. The predicted molar refractivity (Wildman–Crippen MR) is 113 cm³/mol. The van der Waals surface area contributed by atoms with Gasteiger partial charge >= 0.3 is 0 Å². The van der Waals surface area contributed by atoms with Crippen molar-refractivity contribution in [2.45, 2.75) is 25.4 Å². The topological polar surface area (TPSA) is 37.3 Å². The zero-order valence-electron chi connectivity index (χ0n) is 16.0. The molecule has 2 atom stereocenters. The van der Waals surface area contributed by atoms with Gasteiger partial charge in [-0.3, -0.25) is 4.79 Å². The van der Waals surface area contributed by atoms with Gasteiger partial charge in [-0.2, -0.15) is 0 Å². The molecule has 0 aliphatic heterocycles. The van der Waals surface area contributed by atoms with Gasteiger partial charge in [0.2, 0.25) is 0 Å². The van der Waals surface area contributed by atoms with E-state index in [-0.39, 0.29) is 5.78 Å². The molecule has 1 aliphatic carbocycles. The summed E-state index contributed by atoms with van der Waals surface area (Å²) in [4.78, 5) is 13.7. The fraction of sp³-hybridized carbons (Fsp3) is 0.192. The highest BCUT2D eigenvalue weighted by Crippen LogP contribution is 2.54. The van der Waals surface area contributed by atoms with E-state index in [2.05, 4.69) is 6.92 Å². The number of Topliss-reactive ketones (excluding diaryl/α,β-unsaturated/α-hetero) is 1. The highest BCUT2D eigenvalue weighted by molar-refractivity contribution is 6.33. The van der Waals surface area contributed by atoms with Crippen LogP contribution in [0.4, 0.5) is 0 Å². The van der Waals surface area contributed by atoms with Crippen LogP contribution in [0.5, 0.6) is 0 Å². The maximum absolute atomic E-state index is 13.7. The molecule has 3 aromatic carbocycles. The predicted octanol–water partition coefficient (Wildman–Crippen LogP) is 5.48. The third-order valence-electron chi connectivity index (χ3n) is 5.61. The summed E-state index contributed by atoms with van der Waals surface area (Å²) in [5.74, 6) is -0.469. The highest BCUT2D eigenvalue weighted by atomic mass is 16.3. The Balaban J connectivity index is 2.05. The smallest absolute Gasteiger partial charge is 0.170 e. The zero-order chi connectivity index (χ0) is 19.6. The van der Waals surface area contributed by atoms with Crippen molar-refractivity contribution in [1.82, 2.24) is 0 Å². The van der Waals surface area contributed by atoms with Gasteiger partial charge in [0.1, 0.15) is 5.60 Å². The molecule has 0 radical (unpaired) electrons. The summed E-state index contributed by atoms with van der Waals surface area (Å²) in [7, 11) is 0. The summed E-state index contributed by atoms with van der Waals surface area (Å²) >= 11 is 0. The van der Waals surface area contributed by atoms with Gasteiger partial charge in [0.05, 0.1) is 5.92 Å². The molecule has 140 valence electrons. The van der Waals surface area contributed by atoms with Crippen molar-refractivity contribution in [3.8, 4) is 0 Å². The molecule has 3 aromatic rings. The van der Waals surface area contributed by atoms with Crippen LogP contribution < -0.4 is 0 Å². The molecule has 28 heavy (non-hydrogen) atoms. The molecule has 0 amide bonds. The van der Waals surface area contributed by atoms with Gasteiger partial charge in [0, 0.05) is 11.1 Å². The van der Waals surface area contributed by atoms with Crippen LogP contribution in [0.3, 0.4) is 0 Å². The number of rotatable bonds is 5. The Bertz CT molecular complexity index is 990. The van der Waals surface area contributed by atoms with Gasteiger partial charge in [-0.05, 0) is 23.1 Å². The fourth-order valence-corrected chi connectivity index (χ4v) is 4.38. The van der Waals surface area contributed by atoms with Gasteiger partial charge < -0.3 is 5.11 Å². The molecule has 1 N–H and O–H groups in total. The third kappa shape index (κ3) is 2.90. The third-order valence-corrected chi connectivity index (χ3v) is 5.61. The van der Waals surface area contributed by atoms with Crippen LogP contribution in [-0.4, -0.2) is 10.9 Å². The first-order valence-electron chi connectivity index (χ1n) is 9.85. The minimum Gasteiger partial charge on any atom is -0.380 e. The number of allylic oxidation sites excluding steroid dienone is 1. The van der Waals surface area contributed by atoms with Crippen molar-refractivity contribution in [2.75, 3.05) is 0 Å². The summed E-state index contributed by atoms with van der Waals surface area (Å²) in [6.45, 7) is 2.06. The maximum Gasteiger partial charge on any atom is 0.170 e. The zero-order valence-corrected chi connectivity index (χ0v) is 16.0. The van der Waals surface area contributed by atoms with Crippen LogP contribution in [0, 0.1) is 5.92 Å². The summed E-state index contributed by atoms with van der Waals surface area (Å²) in [5.41, 5.74) is 2.53. The molecule has 4 rings (SSSR count). The minimum atomic E-state index is -1.35. The van der Waals surface area contributed by atoms with E-state index in [1.54, 1.807) is 0 Å². The van der Waals surface area contributed by atoms with Crippen molar-refractivity contribution in [3.63, 3.8) is 0 Å². The normalized spacial score (nSPS) is 21.9. The van der Waals surface area contributed by atoms with Crippen LogP contribution in [0.2, 0.25) is 0 Å². The van der Waals surface area contributed by atoms with Crippen molar-refractivity contribution in [1.29, 1.82) is 0 Å². The van der Waals surface area contributed by atoms with Crippen molar-refractivity contribution in [3.05, 3.63) is 108 Å². The van der Waals surface area contributed by atoms with Gasteiger partial charge in [-0.1, -0.05) is 104 Å². The summed E-state index contributed by atoms with van der Waals surface area (Å²) in [6.07, 6.45) is 1.46. The molecule has 1 aliphatic rings. The Hall–Kier alpha value is -2.97. The Morgan fingerprint density at radius 1 is 0.786 bits per heavy atom. The second-order valence-electron chi connectivity index (χ2n) is 7.32. The highest BCUT2D eigenvalue weighted by Gasteiger charge is 2.53. The average molecular weight is 368 g/mol. The van der Waals surface area contributed by atoms with Gasteiger partial charge in [0.15, 0.2) is 5.78 Å². The van der Waals surface area contributed by atoms with Gasteiger partial charge in [-0.15, -0.1) is 0 Å². The lowest BCUT2D eigenvalue weighted by atomic mass is 9.75. The molecule has 2 nitrogen and oxygen atoms in total.